The van der Waals surface area contributed by atoms with E-state index in [1.54, 1.807) is 7.05 Å². The lowest BCUT2D eigenvalue weighted by molar-refractivity contribution is 0.174. The van der Waals surface area contributed by atoms with Crippen LogP contribution in [0.25, 0.3) is 0 Å². The molecule has 3 rings (SSSR count). The highest BCUT2D eigenvalue weighted by molar-refractivity contribution is 7.89. The molecule has 2 aliphatic heterocycles. The highest BCUT2D eigenvalue weighted by Crippen LogP contribution is 2.32. The molecule has 0 aromatic heterocycles. The van der Waals surface area contributed by atoms with Crippen molar-refractivity contribution in [1.29, 1.82) is 0 Å². The van der Waals surface area contributed by atoms with Crippen LogP contribution in [0, 0.1) is 0 Å². The van der Waals surface area contributed by atoms with E-state index in [0.717, 1.165) is 23.5 Å². The summed E-state index contributed by atoms with van der Waals surface area (Å²) in [5.74, 6) is 2.49. The molecule has 1 aromatic rings. The molecule has 9 heteroatoms. The highest BCUT2D eigenvalue weighted by atomic mass is 32.2. The fourth-order valence-corrected chi connectivity index (χ4v) is 4.41. The normalized spacial score (nSPS) is 19.2. The first-order valence-electron chi connectivity index (χ1n) is 8.39. The van der Waals surface area contributed by atoms with E-state index in [1.807, 2.05) is 18.2 Å². The average Bonchev–Trinajstić information content (AvgIpc) is 3.19. The van der Waals surface area contributed by atoms with Crippen LogP contribution in [0.3, 0.4) is 0 Å². The van der Waals surface area contributed by atoms with Crippen molar-refractivity contribution in [3.63, 3.8) is 0 Å². The molecule has 0 radical (unpaired) electrons. The van der Waals surface area contributed by atoms with E-state index < -0.39 is 10.0 Å². The van der Waals surface area contributed by atoms with Crippen LogP contribution in [-0.2, 0) is 16.4 Å². The van der Waals surface area contributed by atoms with Gasteiger partial charge in [0.15, 0.2) is 17.5 Å². The second kappa shape index (κ2) is 7.92. The molecule has 0 spiro atoms. The zero-order valence-corrected chi connectivity index (χ0v) is 15.1. The Balaban J connectivity index is 1.39. The molecule has 8 nitrogen and oxygen atoms in total. The lowest BCUT2D eigenvalue weighted by Crippen LogP contribution is -2.42. The Morgan fingerprint density at radius 3 is 2.80 bits per heavy atom. The van der Waals surface area contributed by atoms with E-state index >= 15 is 0 Å². The third-order valence-corrected chi connectivity index (χ3v) is 6.18. The molecule has 0 atom stereocenters. The molecular formula is C16H24N4O4S. The Morgan fingerprint density at radius 1 is 1.24 bits per heavy atom. The Morgan fingerprint density at radius 2 is 2.04 bits per heavy atom. The first kappa shape index (κ1) is 17.8. The van der Waals surface area contributed by atoms with Crippen molar-refractivity contribution in [2.75, 3.05) is 45.8 Å². The molecule has 0 aliphatic carbocycles. The van der Waals surface area contributed by atoms with E-state index in [-0.39, 0.29) is 12.5 Å². The number of nitrogens with one attached hydrogen (secondary N) is 2. The molecule has 1 saturated heterocycles. The molecular weight excluding hydrogens is 344 g/mol. The Labute approximate surface area is 148 Å². The highest BCUT2D eigenvalue weighted by Gasteiger charge is 2.27. The van der Waals surface area contributed by atoms with Crippen LogP contribution in [-0.4, -0.2) is 64.5 Å². The van der Waals surface area contributed by atoms with Gasteiger partial charge >= 0.3 is 0 Å². The number of aliphatic imine (C=N–C) groups is 1. The molecule has 2 N–H and O–H groups in total. The Kier molecular flexibility index (Phi) is 5.64. The summed E-state index contributed by atoms with van der Waals surface area (Å²) >= 11 is 0. The van der Waals surface area contributed by atoms with Gasteiger partial charge in [0.25, 0.3) is 0 Å². The molecule has 25 heavy (non-hydrogen) atoms. The van der Waals surface area contributed by atoms with Gasteiger partial charge in [-0.3, -0.25) is 4.99 Å². The number of guanidine groups is 1. The van der Waals surface area contributed by atoms with Crippen LogP contribution in [0.1, 0.15) is 12.0 Å². The fourth-order valence-electron chi connectivity index (χ4n) is 2.88. The van der Waals surface area contributed by atoms with Crippen LogP contribution >= 0.6 is 0 Å². The number of benzene rings is 1. The summed E-state index contributed by atoms with van der Waals surface area (Å²) in [6, 6.07) is 5.92. The van der Waals surface area contributed by atoms with Crippen LogP contribution in [0.2, 0.25) is 0 Å². The van der Waals surface area contributed by atoms with Crippen LogP contribution < -0.4 is 20.1 Å². The zero-order chi connectivity index (χ0) is 17.7. The van der Waals surface area contributed by atoms with Gasteiger partial charge in [0.1, 0.15) is 0 Å². The lowest BCUT2D eigenvalue weighted by Gasteiger charge is -2.16. The van der Waals surface area contributed by atoms with Gasteiger partial charge in [-0.1, -0.05) is 6.07 Å². The van der Waals surface area contributed by atoms with E-state index in [2.05, 4.69) is 15.6 Å². The summed E-state index contributed by atoms with van der Waals surface area (Å²) < 4.78 is 35.7. The maximum atomic E-state index is 11.7. The summed E-state index contributed by atoms with van der Waals surface area (Å²) in [6.45, 7) is 2.59. The summed E-state index contributed by atoms with van der Waals surface area (Å²) in [5.41, 5.74) is 1.15. The second-order valence-electron chi connectivity index (χ2n) is 5.93. The average molecular weight is 368 g/mol. The zero-order valence-electron chi connectivity index (χ0n) is 14.3. The number of fused-ring (bicyclic) bond motifs is 1. The SMILES string of the molecule is CN=C(NCCc1ccc2c(c1)OCO2)NCCN1CCCS1(=O)=O. The quantitative estimate of drug-likeness (QED) is 0.549. The van der Waals surface area contributed by atoms with E-state index in [9.17, 15) is 8.42 Å². The van der Waals surface area contributed by atoms with Crippen LogP contribution in [0.4, 0.5) is 0 Å². The molecule has 2 aliphatic rings. The number of hydrogen-bond donors (Lipinski definition) is 2. The molecule has 1 fully saturated rings. The van der Waals surface area contributed by atoms with Gasteiger partial charge in [0.05, 0.1) is 5.75 Å². The minimum Gasteiger partial charge on any atom is -0.454 e. The molecule has 0 saturated carbocycles. The number of sulfonamides is 1. The van der Waals surface area contributed by atoms with Crippen molar-refractivity contribution >= 4 is 16.0 Å². The standard InChI is InChI=1S/C16H24N4O4S/c1-17-16(19-7-9-20-8-2-10-25(20,21)22)18-6-5-13-3-4-14-15(11-13)24-12-23-14/h3-4,11H,2,5-10,12H2,1H3,(H2,17,18,19). The number of rotatable bonds is 6. The van der Waals surface area contributed by atoms with Crippen molar-refractivity contribution in [2.24, 2.45) is 4.99 Å². The monoisotopic (exact) mass is 368 g/mol. The summed E-state index contributed by atoms with van der Waals surface area (Å²) in [5, 5.41) is 6.38. The van der Waals surface area contributed by atoms with Gasteiger partial charge in [-0.25, -0.2) is 12.7 Å². The Hall–Kier alpha value is -2.00. The molecule has 1 aromatic carbocycles. The van der Waals surface area contributed by atoms with Gasteiger partial charge in [-0.05, 0) is 30.5 Å². The van der Waals surface area contributed by atoms with Crippen molar-refractivity contribution in [1.82, 2.24) is 14.9 Å². The minimum atomic E-state index is -3.04. The summed E-state index contributed by atoms with van der Waals surface area (Å²) in [6.07, 6.45) is 1.53. The van der Waals surface area contributed by atoms with Gasteiger partial charge in [0.2, 0.25) is 16.8 Å². The van der Waals surface area contributed by atoms with Crippen molar-refractivity contribution in [3.05, 3.63) is 23.8 Å². The van der Waals surface area contributed by atoms with Gasteiger partial charge < -0.3 is 20.1 Å². The summed E-state index contributed by atoms with van der Waals surface area (Å²) in [4.78, 5) is 4.16. The third kappa shape index (κ3) is 4.55. The third-order valence-electron chi connectivity index (χ3n) is 4.22. The maximum Gasteiger partial charge on any atom is 0.231 e. The van der Waals surface area contributed by atoms with Gasteiger partial charge in [-0.15, -0.1) is 0 Å². The first-order valence-corrected chi connectivity index (χ1v) is 10.0. The van der Waals surface area contributed by atoms with Crippen LogP contribution in [0.15, 0.2) is 23.2 Å². The number of ether oxygens (including phenoxy) is 2. The maximum absolute atomic E-state index is 11.7. The van der Waals surface area contributed by atoms with Crippen molar-refractivity contribution < 1.29 is 17.9 Å². The van der Waals surface area contributed by atoms with E-state index in [4.69, 9.17) is 9.47 Å². The topological polar surface area (TPSA) is 92.3 Å². The van der Waals surface area contributed by atoms with E-state index in [0.29, 0.717) is 38.6 Å². The second-order valence-corrected chi connectivity index (χ2v) is 8.02. The summed E-state index contributed by atoms with van der Waals surface area (Å²) in [7, 11) is -1.34. The predicted molar refractivity (Wildman–Crippen MR) is 95.6 cm³/mol. The van der Waals surface area contributed by atoms with Crippen molar-refractivity contribution in [2.45, 2.75) is 12.8 Å². The van der Waals surface area contributed by atoms with Gasteiger partial charge in [0, 0.05) is 33.2 Å². The molecule has 138 valence electrons. The molecule has 0 amide bonds. The lowest BCUT2D eigenvalue weighted by atomic mass is 10.1. The fraction of sp³-hybridized carbons (Fsp3) is 0.562. The largest absolute Gasteiger partial charge is 0.454 e. The van der Waals surface area contributed by atoms with Crippen LogP contribution in [0.5, 0.6) is 11.5 Å². The number of hydrogen-bond acceptors (Lipinski definition) is 5. The number of nitrogens with zero attached hydrogens (tertiary/aromatic N) is 2. The van der Waals surface area contributed by atoms with Gasteiger partial charge in [-0.2, -0.15) is 0 Å². The smallest absolute Gasteiger partial charge is 0.231 e. The molecule has 0 unspecified atom stereocenters. The molecule has 0 bridgehead atoms. The predicted octanol–water partition coefficient (Wildman–Crippen LogP) is 0.158. The van der Waals surface area contributed by atoms with Crippen molar-refractivity contribution in [3.8, 4) is 11.5 Å². The minimum absolute atomic E-state index is 0.259. The van der Waals surface area contributed by atoms with E-state index in [1.165, 1.54) is 4.31 Å². The first-order chi connectivity index (χ1) is 12.1. The molecule has 2 heterocycles. The Bertz CT molecular complexity index is 736.